The number of amides is 1. The average molecular weight is 461 g/mol. The third-order valence-corrected chi connectivity index (χ3v) is 7.43. The van der Waals surface area contributed by atoms with E-state index in [2.05, 4.69) is 10.6 Å². The van der Waals surface area contributed by atoms with Crippen LogP contribution < -0.4 is 10.6 Å². The van der Waals surface area contributed by atoms with E-state index in [0.717, 1.165) is 37.1 Å². The van der Waals surface area contributed by atoms with Crippen LogP contribution in [-0.4, -0.2) is 43.6 Å². The van der Waals surface area contributed by atoms with E-state index in [1.165, 1.54) is 0 Å². The molecule has 0 aromatic heterocycles. The normalized spacial score (nSPS) is 20.2. The number of rotatable bonds is 9. The number of halogens is 4. The highest BCUT2D eigenvalue weighted by atomic mass is 32.2. The Morgan fingerprint density at radius 1 is 1.23 bits per heavy atom. The predicted octanol–water partition coefficient (Wildman–Crippen LogP) is 2.77. The summed E-state index contributed by atoms with van der Waals surface area (Å²) in [6.45, 7) is 0. The van der Waals surface area contributed by atoms with Gasteiger partial charge >= 0.3 is 6.18 Å². The molecule has 0 spiro atoms. The van der Waals surface area contributed by atoms with Crippen molar-refractivity contribution in [2.45, 2.75) is 55.9 Å². The fourth-order valence-electron chi connectivity index (χ4n) is 3.52. The van der Waals surface area contributed by atoms with Gasteiger partial charge in [0.05, 0.1) is 17.6 Å². The highest BCUT2D eigenvalue weighted by Gasteiger charge is 2.46. The average Bonchev–Trinajstić information content (AvgIpc) is 3.44. The molecule has 1 aromatic carbocycles. The van der Waals surface area contributed by atoms with Crippen LogP contribution in [0.2, 0.25) is 0 Å². The van der Waals surface area contributed by atoms with Gasteiger partial charge in [0, 0.05) is 0 Å². The smallest absolute Gasteiger partial charge is 0.336 e. The number of benzene rings is 1. The number of nitrogens with zero attached hydrogens (tertiary/aromatic N) is 1. The van der Waals surface area contributed by atoms with Crippen LogP contribution in [0.15, 0.2) is 24.3 Å². The molecule has 0 aliphatic heterocycles. The zero-order valence-electron chi connectivity index (χ0n) is 16.6. The van der Waals surface area contributed by atoms with Crippen molar-refractivity contribution >= 4 is 15.7 Å². The summed E-state index contributed by atoms with van der Waals surface area (Å²) in [5.74, 6) is -2.77. The topological polar surface area (TPSA) is 99.1 Å². The van der Waals surface area contributed by atoms with Crippen LogP contribution in [0.1, 0.15) is 43.7 Å². The Hall–Kier alpha value is -2.19. The fourth-order valence-corrected chi connectivity index (χ4v) is 5.46. The zero-order chi connectivity index (χ0) is 22.9. The van der Waals surface area contributed by atoms with Gasteiger partial charge in [0.2, 0.25) is 5.91 Å². The second-order valence-electron chi connectivity index (χ2n) is 8.30. The molecule has 2 fully saturated rings. The van der Waals surface area contributed by atoms with Gasteiger partial charge in [-0.05, 0) is 55.7 Å². The van der Waals surface area contributed by atoms with Crippen molar-refractivity contribution in [2.24, 2.45) is 5.92 Å². The van der Waals surface area contributed by atoms with Crippen LogP contribution in [0, 0.1) is 23.1 Å². The molecule has 0 saturated heterocycles. The van der Waals surface area contributed by atoms with Crippen molar-refractivity contribution in [3.05, 3.63) is 35.6 Å². The maximum atomic E-state index is 13.8. The standard InChI is InChI=1S/C20H23F4N3O3S/c21-15-6-4-14(5-7-15)17(20(22,23)24)26-16(11-31(29,30)10-13-2-3-13)18(28)27-19(12-25)8-1-9-19/h4-7,13,16-17,26H,1-3,8-11H2,(H,27,28)/t16?,17-/m1/s1. The van der Waals surface area contributed by atoms with Crippen molar-refractivity contribution in [3.63, 3.8) is 0 Å². The number of alkyl halides is 3. The molecule has 1 unspecified atom stereocenters. The first-order chi connectivity index (χ1) is 14.4. The van der Waals surface area contributed by atoms with Crippen molar-refractivity contribution in [1.82, 2.24) is 10.6 Å². The molecule has 1 aromatic rings. The molecule has 2 saturated carbocycles. The van der Waals surface area contributed by atoms with E-state index in [1.807, 2.05) is 6.07 Å². The summed E-state index contributed by atoms with van der Waals surface area (Å²) >= 11 is 0. The number of nitriles is 1. The van der Waals surface area contributed by atoms with Crippen LogP contribution in [0.25, 0.3) is 0 Å². The quantitative estimate of drug-likeness (QED) is 0.551. The first-order valence-electron chi connectivity index (χ1n) is 9.95. The van der Waals surface area contributed by atoms with E-state index >= 15 is 0 Å². The molecule has 1 amide bonds. The summed E-state index contributed by atoms with van der Waals surface area (Å²) in [5, 5.41) is 13.9. The van der Waals surface area contributed by atoms with E-state index < -0.39 is 51.1 Å². The van der Waals surface area contributed by atoms with Gasteiger partial charge in [-0.1, -0.05) is 12.1 Å². The third kappa shape index (κ3) is 6.17. The lowest BCUT2D eigenvalue weighted by Crippen LogP contribution is -2.60. The Morgan fingerprint density at radius 3 is 2.29 bits per heavy atom. The molecule has 170 valence electrons. The molecule has 2 atom stereocenters. The van der Waals surface area contributed by atoms with Gasteiger partial charge in [-0.2, -0.15) is 18.4 Å². The summed E-state index contributed by atoms with van der Waals surface area (Å²) in [5.41, 5.74) is -1.55. The lowest BCUT2D eigenvalue weighted by Gasteiger charge is -2.37. The molecular weight excluding hydrogens is 438 g/mol. The molecule has 6 nitrogen and oxygen atoms in total. The minimum absolute atomic E-state index is 0.0405. The van der Waals surface area contributed by atoms with Gasteiger partial charge in [-0.25, -0.2) is 12.8 Å². The highest BCUT2D eigenvalue weighted by molar-refractivity contribution is 7.91. The monoisotopic (exact) mass is 461 g/mol. The molecule has 2 aliphatic carbocycles. The van der Waals surface area contributed by atoms with Crippen molar-refractivity contribution in [2.75, 3.05) is 11.5 Å². The van der Waals surface area contributed by atoms with E-state index in [9.17, 15) is 36.0 Å². The maximum absolute atomic E-state index is 13.8. The Balaban J connectivity index is 1.86. The predicted molar refractivity (Wildman–Crippen MR) is 104 cm³/mol. The lowest BCUT2D eigenvalue weighted by atomic mass is 9.78. The van der Waals surface area contributed by atoms with Gasteiger partial charge in [0.15, 0.2) is 9.84 Å². The van der Waals surface area contributed by atoms with Gasteiger partial charge < -0.3 is 5.32 Å². The van der Waals surface area contributed by atoms with Crippen molar-refractivity contribution in [3.8, 4) is 6.07 Å². The number of hydrogen-bond donors (Lipinski definition) is 2. The van der Waals surface area contributed by atoms with Crippen molar-refractivity contribution in [1.29, 1.82) is 5.26 Å². The molecule has 2 N–H and O–H groups in total. The SMILES string of the molecule is N#CC1(NC(=O)C(CS(=O)(=O)CC2CC2)N[C@H](c2ccc(F)cc2)C(F)(F)F)CCC1. The Morgan fingerprint density at radius 2 is 1.84 bits per heavy atom. The molecule has 0 radical (unpaired) electrons. The van der Waals surface area contributed by atoms with Crippen LogP contribution in [0.3, 0.4) is 0 Å². The van der Waals surface area contributed by atoms with E-state index in [0.29, 0.717) is 19.3 Å². The van der Waals surface area contributed by atoms with Gasteiger partial charge in [0.1, 0.15) is 23.4 Å². The molecule has 3 rings (SSSR count). The highest BCUT2D eigenvalue weighted by Crippen LogP contribution is 2.35. The number of carbonyl (C=O) groups excluding carboxylic acids is 1. The Bertz CT molecular complexity index is 949. The van der Waals surface area contributed by atoms with Crippen LogP contribution in [0.4, 0.5) is 17.6 Å². The van der Waals surface area contributed by atoms with Gasteiger partial charge in [-0.15, -0.1) is 0 Å². The largest absolute Gasteiger partial charge is 0.407 e. The molecule has 0 bridgehead atoms. The van der Waals surface area contributed by atoms with Crippen molar-refractivity contribution < 1.29 is 30.8 Å². The second kappa shape index (κ2) is 8.74. The number of nitrogens with one attached hydrogen (secondary N) is 2. The first kappa shape index (κ1) is 23.5. The summed E-state index contributed by atoms with van der Waals surface area (Å²) < 4.78 is 79.5. The minimum atomic E-state index is -4.88. The summed E-state index contributed by atoms with van der Waals surface area (Å²) in [7, 11) is -3.83. The maximum Gasteiger partial charge on any atom is 0.407 e. The van der Waals surface area contributed by atoms with Crippen LogP contribution in [0.5, 0.6) is 0 Å². The van der Waals surface area contributed by atoms with E-state index in [1.54, 1.807) is 0 Å². The molecule has 0 heterocycles. The summed E-state index contributed by atoms with van der Waals surface area (Å²) in [6.07, 6.45) is -2.06. The first-order valence-corrected chi connectivity index (χ1v) is 11.8. The van der Waals surface area contributed by atoms with Gasteiger partial charge in [-0.3, -0.25) is 10.1 Å². The number of hydrogen-bond acceptors (Lipinski definition) is 5. The Kier molecular flexibility index (Phi) is 6.62. The fraction of sp³-hybridized carbons (Fsp3) is 0.600. The van der Waals surface area contributed by atoms with Gasteiger partial charge in [0.25, 0.3) is 0 Å². The summed E-state index contributed by atoms with van der Waals surface area (Å²) in [4.78, 5) is 12.8. The molecular formula is C20H23F4N3O3S. The molecule has 31 heavy (non-hydrogen) atoms. The minimum Gasteiger partial charge on any atom is -0.336 e. The van der Waals surface area contributed by atoms with Crippen LogP contribution >= 0.6 is 0 Å². The zero-order valence-corrected chi connectivity index (χ0v) is 17.4. The van der Waals surface area contributed by atoms with Crippen LogP contribution in [-0.2, 0) is 14.6 Å². The van der Waals surface area contributed by atoms with E-state index in [4.69, 9.17) is 0 Å². The number of carbonyl (C=O) groups is 1. The van der Waals surface area contributed by atoms with E-state index in [-0.39, 0.29) is 17.2 Å². The molecule has 11 heteroatoms. The molecule has 2 aliphatic rings. The third-order valence-electron chi connectivity index (χ3n) is 5.61. The second-order valence-corrected chi connectivity index (χ2v) is 10.5. The Labute approximate surface area is 177 Å². The summed E-state index contributed by atoms with van der Waals surface area (Å²) in [6, 6.07) is 1.40. The lowest BCUT2D eigenvalue weighted by molar-refractivity contribution is -0.160. The number of sulfone groups is 1.